The monoisotopic (exact) mass is 1040 g/mol. The molecule has 0 spiro atoms. The number of allylic oxidation sites excluding steroid dienone is 2. The fourth-order valence-electron chi connectivity index (χ4n) is 16.6. The largest absolute Gasteiger partial charge is 0.452 e. The molecule has 0 amide bonds. The van der Waals surface area contributed by atoms with Gasteiger partial charge in [0, 0.05) is 16.7 Å². The van der Waals surface area contributed by atoms with E-state index in [1.807, 2.05) is 66.7 Å². The van der Waals surface area contributed by atoms with Gasteiger partial charge >= 0.3 is 17.9 Å². The van der Waals surface area contributed by atoms with Crippen LogP contribution in [-0.4, -0.2) is 60.3 Å². The van der Waals surface area contributed by atoms with Gasteiger partial charge in [-0.2, -0.15) is 0 Å². The fraction of sp³-hybridized carbons (Fsp3) is 0.485. The highest BCUT2D eigenvalue weighted by molar-refractivity contribution is 5.90. The van der Waals surface area contributed by atoms with Crippen LogP contribution in [0.15, 0.2) is 163 Å². The zero-order valence-corrected chi connectivity index (χ0v) is 46.1. The van der Waals surface area contributed by atoms with Crippen LogP contribution in [0, 0.1) is 50.2 Å². The first-order valence-corrected chi connectivity index (χ1v) is 28.4. The predicted octanol–water partition coefficient (Wildman–Crippen LogP) is 13.9. The highest BCUT2D eigenvalue weighted by atomic mass is 16.7. The maximum absolute atomic E-state index is 16.1. The van der Waals surface area contributed by atoms with Crippen molar-refractivity contribution in [3.8, 4) is 0 Å². The SMILES string of the molecule is CC1(C)CC[C@]2(C(=O)OC(c3ccccc3)(c3ccccc3)c3ccccc3)CC[C@]3(C)C(=CC[C@@H]4[C@@]5(C)CC[C@H](O[C@@H]6OC[C@@H](OC(=O)c7ccccc7)[C@H](OC(=O)c7ccccc7)[C@H]6O)C(C)(C)[C@@H]5CC[C@]43C)[C@@H]2C1. The Hall–Kier alpha value is -5.87. The van der Waals surface area contributed by atoms with Crippen LogP contribution in [-0.2, 0) is 34.1 Å². The van der Waals surface area contributed by atoms with Crippen LogP contribution in [0.4, 0.5) is 0 Å². The zero-order chi connectivity index (χ0) is 54.0. The first kappa shape index (κ1) is 53.1. The molecule has 5 aliphatic carbocycles. The predicted molar refractivity (Wildman–Crippen MR) is 296 cm³/mol. The normalized spacial score (nSPS) is 34.1. The Balaban J connectivity index is 0.866. The number of aliphatic hydroxyl groups is 1. The number of ether oxygens (including phenoxy) is 5. The van der Waals surface area contributed by atoms with Gasteiger partial charge in [-0.25, -0.2) is 9.59 Å². The fourth-order valence-corrected chi connectivity index (χ4v) is 16.6. The lowest BCUT2D eigenvalue weighted by Gasteiger charge is -2.71. The van der Waals surface area contributed by atoms with E-state index in [-0.39, 0.29) is 51.7 Å². The van der Waals surface area contributed by atoms with E-state index in [2.05, 4.69) is 90.9 Å². The second-order valence-corrected chi connectivity index (χ2v) is 25.8. The highest BCUT2D eigenvalue weighted by Crippen LogP contribution is 2.76. The molecule has 0 aromatic heterocycles. The Bertz CT molecular complexity index is 2860. The molecule has 1 aliphatic heterocycles. The molecule has 5 aromatic carbocycles. The Labute approximate surface area is 456 Å². The number of rotatable bonds is 11. The third-order valence-electron chi connectivity index (χ3n) is 21.0. The van der Waals surface area contributed by atoms with Crippen molar-refractivity contribution >= 4 is 17.9 Å². The third-order valence-corrected chi connectivity index (χ3v) is 21.0. The van der Waals surface area contributed by atoms with Gasteiger partial charge in [0.2, 0.25) is 0 Å². The van der Waals surface area contributed by atoms with E-state index >= 15 is 4.79 Å². The van der Waals surface area contributed by atoms with Gasteiger partial charge in [0.05, 0.1) is 29.3 Å². The Morgan fingerprint density at radius 3 is 1.68 bits per heavy atom. The second kappa shape index (κ2) is 20.1. The summed E-state index contributed by atoms with van der Waals surface area (Å²) in [5.74, 6) is -0.602. The summed E-state index contributed by atoms with van der Waals surface area (Å²) in [6, 6.07) is 48.2. The Kier molecular flexibility index (Phi) is 13.9. The minimum atomic E-state index is -1.43. The maximum Gasteiger partial charge on any atom is 0.338 e. The lowest BCUT2D eigenvalue weighted by atomic mass is 9.33. The van der Waals surface area contributed by atoms with Gasteiger partial charge in [-0.15, -0.1) is 0 Å². The molecule has 0 bridgehead atoms. The molecule has 11 rings (SSSR count). The first-order chi connectivity index (χ1) is 36.9. The zero-order valence-electron chi connectivity index (χ0n) is 46.1. The number of carbonyl (C=O) groups is 3. The Morgan fingerprint density at radius 2 is 1.12 bits per heavy atom. The molecule has 0 radical (unpaired) electrons. The van der Waals surface area contributed by atoms with Crippen molar-refractivity contribution < 1.29 is 43.2 Å². The van der Waals surface area contributed by atoms with Crippen molar-refractivity contribution in [1.29, 1.82) is 0 Å². The van der Waals surface area contributed by atoms with Gasteiger partial charge in [-0.3, -0.25) is 4.79 Å². The highest BCUT2D eigenvalue weighted by Gasteiger charge is 2.70. The molecule has 404 valence electrons. The van der Waals surface area contributed by atoms with Crippen LogP contribution < -0.4 is 0 Å². The van der Waals surface area contributed by atoms with Crippen molar-refractivity contribution in [3.63, 3.8) is 0 Å². The molecule has 9 heteroatoms. The lowest BCUT2D eigenvalue weighted by molar-refractivity contribution is -0.307. The summed E-state index contributed by atoms with van der Waals surface area (Å²) >= 11 is 0. The summed E-state index contributed by atoms with van der Waals surface area (Å²) in [4.78, 5) is 43.0. The molecule has 6 aliphatic rings. The molecular formula is C68H78O9. The number of aliphatic hydroxyl groups excluding tert-OH is 1. The molecule has 1 heterocycles. The molecule has 1 saturated heterocycles. The van der Waals surface area contributed by atoms with Crippen LogP contribution in [0.5, 0.6) is 0 Å². The molecule has 5 fully saturated rings. The molecule has 0 unspecified atom stereocenters. The van der Waals surface area contributed by atoms with Gasteiger partial charge in [0.15, 0.2) is 24.1 Å². The first-order valence-electron chi connectivity index (χ1n) is 28.4. The van der Waals surface area contributed by atoms with Crippen LogP contribution in [0.25, 0.3) is 0 Å². The number of hydrogen-bond acceptors (Lipinski definition) is 9. The van der Waals surface area contributed by atoms with E-state index in [1.165, 1.54) is 5.57 Å². The average molecular weight is 1040 g/mol. The molecule has 77 heavy (non-hydrogen) atoms. The third kappa shape index (κ3) is 8.91. The van der Waals surface area contributed by atoms with Gasteiger partial charge in [0.1, 0.15) is 6.10 Å². The van der Waals surface area contributed by atoms with Crippen molar-refractivity contribution in [1.82, 2.24) is 0 Å². The topological polar surface area (TPSA) is 118 Å². The minimum Gasteiger partial charge on any atom is -0.452 e. The van der Waals surface area contributed by atoms with E-state index in [0.29, 0.717) is 23.0 Å². The standard InChI is InChI=1S/C68H78O9/c1-62(2)39-41-67(61(72)77-68(47-27-17-10-18-28-47,48-29-19-11-20-30-48)49-31-21-12-22-32-49)42-40-65(6)50(51(67)43-62)33-34-54-64(5)37-36-55(63(3,4)53(64)35-38-66(54,65)7)75-60-56(69)57(76-59(71)46-25-15-9-16-26-46)52(44-73-60)74-58(70)45-23-13-8-14-24-45/h8-33,51-57,60,69H,34-44H2,1-7H3/t51-,52+,53-,54+,55-,56+,57-,60-,64-,65+,66+,67-/m0/s1. The van der Waals surface area contributed by atoms with Crippen LogP contribution in [0.2, 0.25) is 0 Å². The summed E-state index contributed by atoms with van der Waals surface area (Å²) < 4.78 is 32.6. The van der Waals surface area contributed by atoms with Gasteiger partial charge in [-0.1, -0.05) is 188 Å². The maximum atomic E-state index is 16.1. The summed E-state index contributed by atoms with van der Waals surface area (Å²) in [6.07, 6.45) is 6.54. The van der Waals surface area contributed by atoms with Crippen molar-refractivity contribution in [2.45, 2.75) is 149 Å². The number of hydrogen-bond donors (Lipinski definition) is 1. The Morgan fingerprint density at radius 1 is 0.597 bits per heavy atom. The molecule has 9 nitrogen and oxygen atoms in total. The lowest BCUT2D eigenvalue weighted by Crippen LogP contribution is -2.66. The van der Waals surface area contributed by atoms with Gasteiger partial charge in [-0.05, 0) is 133 Å². The van der Waals surface area contributed by atoms with Crippen LogP contribution in [0.1, 0.15) is 150 Å². The van der Waals surface area contributed by atoms with Crippen LogP contribution >= 0.6 is 0 Å². The minimum absolute atomic E-state index is 0.0299. The molecule has 4 saturated carbocycles. The summed E-state index contributed by atoms with van der Waals surface area (Å²) in [5.41, 5.74) is 2.64. The summed E-state index contributed by atoms with van der Waals surface area (Å²) in [6.45, 7) is 17.0. The molecule has 5 aromatic rings. The molecular weight excluding hydrogens is 961 g/mol. The van der Waals surface area contributed by atoms with E-state index < -0.39 is 47.6 Å². The molecule has 12 atom stereocenters. The second-order valence-electron chi connectivity index (χ2n) is 25.8. The van der Waals surface area contributed by atoms with Gasteiger partial charge < -0.3 is 28.8 Å². The number of carbonyl (C=O) groups excluding carboxylic acids is 3. The van der Waals surface area contributed by atoms with Crippen molar-refractivity contribution in [2.24, 2.45) is 50.2 Å². The van der Waals surface area contributed by atoms with Crippen molar-refractivity contribution in [3.05, 3.63) is 191 Å². The van der Waals surface area contributed by atoms with E-state index in [4.69, 9.17) is 23.7 Å². The summed E-state index contributed by atoms with van der Waals surface area (Å²) in [5, 5.41) is 12.1. The van der Waals surface area contributed by atoms with Gasteiger partial charge in [0.25, 0.3) is 0 Å². The smallest absolute Gasteiger partial charge is 0.338 e. The number of benzene rings is 5. The van der Waals surface area contributed by atoms with E-state index in [9.17, 15) is 14.7 Å². The van der Waals surface area contributed by atoms with Crippen molar-refractivity contribution in [2.75, 3.05) is 6.61 Å². The number of fused-ring (bicyclic) bond motifs is 7. The average Bonchev–Trinajstić information content (AvgIpc) is 3.61. The number of esters is 3. The van der Waals surface area contributed by atoms with E-state index in [0.717, 1.165) is 80.9 Å². The summed E-state index contributed by atoms with van der Waals surface area (Å²) in [7, 11) is 0. The van der Waals surface area contributed by atoms with Crippen LogP contribution in [0.3, 0.4) is 0 Å². The molecule has 1 N–H and O–H groups in total. The van der Waals surface area contributed by atoms with E-state index in [1.54, 1.807) is 48.5 Å². The quantitative estimate of drug-likeness (QED) is 0.0454.